The second kappa shape index (κ2) is 2.96. The molecule has 2 atom stereocenters. The zero-order chi connectivity index (χ0) is 9.64. The third kappa shape index (κ3) is 1.62. The average Bonchev–Trinajstić information content (AvgIpc) is 2.29. The lowest BCUT2D eigenvalue weighted by Gasteiger charge is -2.42. The fourth-order valence-electron chi connectivity index (χ4n) is 3.02. The monoisotopic (exact) mass is 182 g/mol. The van der Waals surface area contributed by atoms with E-state index in [9.17, 15) is 0 Å². The highest BCUT2D eigenvalue weighted by Gasteiger charge is 2.42. The van der Waals surface area contributed by atoms with Gasteiger partial charge in [0.1, 0.15) is 0 Å². The molecule has 0 saturated carbocycles. The van der Waals surface area contributed by atoms with Crippen LogP contribution >= 0.6 is 0 Å². The first-order chi connectivity index (χ1) is 5.98. The molecule has 2 unspecified atom stereocenters. The van der Waals surface area contributed by atoms with E-state index in [-0.39, 0.29) is 5.54 Å². The number of hydrogen-bond donors (Lipinski definition) is 1. The van der Waals surface area contributed by atoms with Crippen LogP contribution in [0.1, 0.15) is 39.5 Å². The first kappa shape index (κ1) is 9.47. The number of fused-ring (bicyclic) bond motifs is 2. The zero-order valence-corrected chi connectivity index (χ0v) is 9.09. The van der Waals surface area contributed by atoms with Crippen LogP contribution in [0.25, 0.3) is 0 Å². The summed E-state index contributed by atoms with van der Waals surface area (Å²) < 4.78 is 0. The van der Waals surface area contributed by atoms with Gasteiger partial charge < -0.3 is 10.6 Å². The van der Waals surface area contributed by atoms with E-state index >= 15 is 0 Å². The van der Waals surface area contributed by atoms with Gasteiger partial charge in [-0.1, -0.05) is 0 Å². The van der Waals surface area contributed by atoms with Crippen molar-refractivity contribution in [1.29, 1.82) is 0 Å². The molecule has 2 saturated heterocycles. The van der Waals surface area contributed by atoms with Crippen LogP contribution in [-0.2, 0) is 0 Å². The van der Waals surface area contributed by atoms with E-state index in [0.717, 1.165) is 18.0 Å². The molecule has 2 aliphatic rings. The second-order valence-electron chi connectivity index (χ2n) is 5.54. The number of rotatable bonds is 1. The molecule has 2 fully saturated rings. The Morgan fingerprint density at radius 1 is 1.15 bits per heavy atom. The molecule has 2 bridgehead atoms. The standard InChI is InChI=1S/C11H22N2/c1-11(2,12)8-6-9-4-5-10(7-8)13(9)3/h8-10H,4-7,12H2,1-3H3. The zero-order valence-electron chi connectivity index (χ0n) is 9.09. The number of nitrogens with two attached hydrogens (primary N) is 1. The molecule has 0 aliphatic carbocycles. The van der Waals surface area contributed by atoms with Crippen molar-refractivity contribution in [2.75, 3.05) is 7.05 Å². The third-order valence-corrected chi connectivity index (χ3v) is 4.15. The van der Waals surface area contributed by atoms with E-state index in [4.69, 9.17) is 5.73 Å². The largest absolute Gasteiger partial charge is 0.325 e. The van der Waals surface area contributed by atoms with Crippen LogP contribution in [0, 0.1) is 5.92 Å². The van der Waals surface area contributed by atoms with Gasteiger partial charge in [0.05, 0.1) is 0 Å². The highest BCUT2D eigenvalue weighted by molar-refractivity contribution is 4.98. The Kier molecular flexibility index (Phi) is 2.16. The summed E-state index contributed by atoms with van der Waals surface area (Å²) in [7, 11) is 2.28. The molecular formula is C11H22N2. The van der Waals surface area contributed by atoms with Crippen LogP contribution in [-0.4, -0.2) is 29.6 Å². The number of piperidine rings is 1. The van der Waals surface area contributed by atoms with Gasteiger partial charge in [-0.05, 0) is 52.5 Å². The van der Waals surface area contributed by atoms with Crippen molar-refractivity contribution >= 4 is 0 Å². The molecule has 0 radical (unpaired) electrons. The Morgan fingerprint density at radius 2 is 1.62 bits per heavy atom. The summed E-state index contributed by atoms with van der Waals surface area (Å²) in [6.07, 6.45) is 5.43. The van der Waals surface area contributed by atoms with E-state index in [1.807, 2.05) is 0 Å². The molecule has 0 aromatic heterocycles. The average molecular weight is 182 g/mol. The summed E-state index contributed by atoms with van der Waals surface area (Å²) in [5, 5.41) is 0. The number of nitrogens with zero attached hydrogens (tertiary/aromatic N) is 1. The highest BCUT2D eigenvalue weighted by Crippen LogP contribution is 2.40. The lowest BCUT2D eigenvalue weighted by atomic mass is 9.78. The first-order valence-electron chi connectivity index (χ1n) is 5.49. The van der Waals surface area contributed by atoms with Crippen LogP contribution in [0.15, 0.2) is 0 Å². The fraction of sp³-hybridized carbons (Fsp3) is 1.00. The fourth-order valence-corrected chi connectivity index (χ4v) is 3.02. The van der Waals surface area contributed by atoms with E-state index in [2.05, 4.69) is 25.8 Å². The maximum absolute atomic E-state index is 6.19. The maximum Gasteiger partial charge on any atom is 0.0127 e. The normalized spacial score (nSPS) is 41.1. The van der Waals surface area contributed by atoms with Crippen LogP contribution in [0.4, 0.5) is 0 Å². The van der Waals surface area contributed by atoms with Crippen molar-refractivity contribution in [3.63, 3.8) is 0 Å². The van der Waals surface area contributed by atoms with Gasteiger partial charge in [-0.15, -0.1) is 0 Å². The lowest BCUT2D eigenvalue weighted by molar-refractivity contribution is 0.0995. The summed E-state index contributed by atoms with van der Waals surface area (Å²) in [6, 6.07) is 1.65. The van der Waals surface area contributed by atoms with Crippen molar-refractivity contribution in [3.8, 4) is 0 Å². The molecule has 2 aliphatic heterocycles. The van der Waals surface area contributed by atoms with E-state index in [1.165, 1.54) is 25.7 Å². The first-order valence-corrected chi connectivity index (χ1v) is 5.49. The van der Waals surface area contributed by atoms with Gasteiger partial charge in [0.25, 0.3) is 0 Å². The molecule has 2 N–H and O–H groups in total. The Bertz CT molecular complexity index is 181. The van der Waals surface area contributed by atoms with Crippen molar-refractivity contribution in [2.24, 2.45) is 11.7 Å². The molecule has 0 aromatic carbocycles. The smallest absolute Gasteiger partial charge is 0.0127 e. The van der Waals surface area contributed by atoms with Gasteiger partial charge in [0.2, 0.25) is 0 Å². The third-order valence-electron chi connectivity index (χ3n) is 4.15. The van der Waals surface area contributed by atoms with Gasteiger partial charge >= 0.3 is 0 Å². The summed E-state index contributed by atoms with van der Waals surface area (Å²) in [5.41, 5.74) is 6.22. The summed E-state index contributed by atoms with van der Waals surface area (Å²) >= 11 is 0. The second-order valence-corrected chi connectivity index (χ2v) is 5.54. The van der Waals surface area contributed by atoms with Crippen molar-refractivity contribution in [2.45, 2.75) is 57.2 Å². The summed E-state index contributed by atoms with van der Waals surface area (Å²) in [5.74, 6) is 0.737. The molecule has 76 valence electrons. The van der Waals surface area contributed by atoms with Gasteiger partial charge in [-0.25, -0.2) is 0 Å². The van der Waals surface area contributed by atoms with Gasteiger partial charge in [-0.2, -0.15) is 0 Å². The molecule has 0 amide bonds. The van der Waals surface area contributed by atoms with E-state index in [0.29, 0.717) is 0 Å². The predicted molar refractivity (Wildman–Crippen MR) is 55.6 cm³/mol. The highest BCUT2D eigenvalue weighted by atomic mass is 15.2. The molecule has 2 heteroatoms. The Labute approximate surface area is 81.5 Å². The van der Waals surface area contributed by atoms with Crippen LogP contribution < -0.4 is 5.73 Å². The van der Waals surface area contributed by atoms with Crippen molar-refractivity contribution in [1.82, 2.24) is 4.90 Å². The summed E-state index contributed by atoms with van der Waals surface area (Å²) in [4.78, 5) is 2.57. The topological polar surface area (TPSA) is 29.3 Å². The molecule has 2 heterocycles. The van der Waals surface area contributed by atoms with Crippen molar-refractivity contribution in [3.05, 3.63) is 0 Å². The molecule has 2 rings (SSSR count). The number of hydrogen-bond acceptors (Lipinski definition) is 2. The lowest BCUT2D eigenvalue weighted by Crippen LogP contribution is -2.50. The quantitative estimate of drug-likeness (QED) is 0.667. The van der Waals surface area contributed by atoms with E-state index < -0.39 is 0 Å². The molecule has 2 nitrogen and oxygen atoms in total. The van der Waals surface area contributed by atoms with Crippen LogP contribution in [0.2, 0.25) is 0 Å². The van der Waals surface area contributed by atoms with Crippen LogP contribution in [0.3, 0.4) is 0 Å². The van der Waals surface area contributed by atoms with Gasteiger partial charge in [0, 0.05) is 17.6 Å². The van der Waals surface area contributed by atoms with Crippen molar-refractivity contribution < 1.29 is 0 Å². The minimum atomic E-state index is 0.0299. The van der Waals surface area contributed by atoms with Crippen LogP contribution in [0.5, 0.6) is 0 Å². The molecular weight excluding hydrogens is 160 g/mol. The Balaban J connectivity index is 2.07. The maximum atomic E-state index is 6.19. The SMILES string of the molecule is CN1C2CCC1CC(C(C)(C)N)C2. The van der Waals surface area contributed by atoms with Gasteiger partial charge in [-0.3, -0.25) is 0 Å². The minimum Gasteiger partial charge on any atom is -0.325 e. The Hall–Kier alpha value is -0.0800. The minimum absolute atomic E-state index is 0.0299. The van der Waals surface area contributed by atoms with Gasteiger partial charge in [0.15, 0.2) is 0 Å². The predicted octanol–water partition coefficient (Wildman–Crippen LogP) is 1.60. The Morgan fingerprint density at radius 3 is 2.00 bits per heavy atom. The molecule has 0 aromatic rings. The molecule has 0 spiro atoms. The molecule has 13 heavy (non-hydrogen) atoms. The summed E-state index contributed by atoms with van der Waals surface area (Å²) in [6.45, 7) is 4.37. The van der Waals surface area contributed by atoms with E-state index in [1.54, 1.807) is 0 Å².